The number of aryl methyl sites for hydroxylation is 2. The summed E-state index contributed by atoms with van der Waals surface area (Å²) in [6.45, 7) is 4.50. The molecule has 2 unspecified atom stereocenters. The molecule has 2 atom stereocenters. The molecule has 2 aromatic rings. The maximum Gasteiger partial charge on any atom is 0.0616 e. The van der Waals surface area contributed by atoms with Crippen molar-refractivity contribution in [2.45, 2.75) is 44.9 Å². The van der Waals surface area contributed by atoms with Crippen LogP contribution in [0.3, 0.4) is 0 Å². The van der Waals surface area contributed by atoms with E-state index in [2.05, 4.69) is 44.2 Å². The molecule has 1 aliphatic carbocycles. The molecule has 0 N–H and O–H groups in total. The molecule has 0 amide bonds. The molecule has 0 aliphatic heterocycles. The van der Waals surface area contributed by atoms with Crippen LogP contribution in [0.15, 0.2) is 30.3 Å². The second-order valence-corrected chi connectivity index (χ2v) is 6.29. The van der Waals surface area contributed by atoms with E-state index in [0.717, 1.165) is 0 Å². The van der Waals surface area contributed by atoms with Crippen LogP contribution in [0, 0.1) is 5.92 Å². The van der Waals surface area contributed by atoms with E-state index in [9.17, 15) is 0 Å². The largest absolute Gasteiger partial charge is 0.118 e. The van der Waals surface area contributed by atoms with Crippen molar-refractivity contribution >= 4 is 22.4 Å². The Kier molecular flexibility index (Phi) is 3.54. The second-order valence-electron chi connectivity index (χ2n) is 5.82. The lowest BCUT2D eigenvalue weighted by molar-refractivity contribution is 0.509. The normalized spacial score (nSPS) is 16.8. The van der Waals surface area contributed by atoms with Crippen LogP contribution in [0.1, 0.15) is 48.8 Å². The van der Waals surface area contributed by atoms with Crippen LogP contribution in [0.25, 0.3) is 10.8 Å². The van der Waals surface area contributed by atoms with Gasteiger partial charge in [0.25, 0.3) is 0 Å². The quantitative estimate of drug-likeness (QED) is 0.631. The van der Waals surface area contributed by atoms with E-state index >= 15 is 0 Å². The van der Waals surface area contributed by atoms with Crippen LogP contribution in [-0.4, -0.2) is 0 Å². The van der Waals surface area contributed by atoms with Gasteiger partial charge in [0.1, 0.15) is 0 Å². The highest BCUT2D eigenvalue weighted by atomic mass is 35.5. The summed E-state index contributed by atoms with van der Waals surface area (Å²) in [7, 11) is 0. The van der Waals surface area contributed by atoms with Crippen LogP contribution < -0.4 is 0 Å². The summed E-state index contributed by atoms with van der Waals surface area (Å²) in [5, 5.41) is 3.00. The van der Waals surface area contributed by atoms with Gasteiger partial charge < -0.3 is 0 Å². The maximum atomic E-state index is 6.74. The zero-order valence-electron chi connectivity index (χ0n) is 11.7. The van der Waals surface area contributed by atoms with Crippen molar-refractivity contribution in [1.29, 1.82) is 0 Å². The summed E-state index contributed by atoms with van der Waals surface area (Å²) < 4.78 is 0. The van der Waals surface area contributed by atoms with Crippen LogP contribution in [0.5, 0.6) is 0 Å². The van der Waals surface area contributed by atoms with Crippen molar-refractivity contribution in [3.05, 3.63) is 47.0 Å². The van der Waals surface area contributed by atoms with Crippen LogP contribution in [-0.2, 0) is 12.8 Å². The fourth-order valence-electron chi connectivity index (χ4n) is 3.42. The molecule has 1 heteroatoms. The van der Waals surface area contributed by atoms with Crippen LogP contribution >= 0.6 is 11.6 Å². The SMILES string of the molecule is CCCC(C)C(Cl)c1ccc2c3c(cccc13)CC2. The molecule has 100 valence electrons. The summed E-state index contributed by atoms with van der Waals surface area (Å²) in [5.74, 6) is 0.533. The summed E-state index contributed by atoms with van der Waals surface area (Å²) in [5.41, 5.74) is 4.33. The minimum Gasteiger partial charge on any atom is -0.118 e. The fraction of sp³-hybridized carbons (Fsp3) is 0.444. The molecule has 0 saturated heterocycles. The van der Waals surface area contributed by atoms with E-state index in [-0.39, 0.29) is 5.38 Å². The smallest absolute Gasteiger partial charge is 0.0616 e. The molecular formula is C18H21Cl. The van der Waals surface area contributed by atoms with E-state index < -0.39 is 0 Å². The van der Waals surface area contributed by atoms with E-state index in [1.54, 1.807) is 0 Å². The average molecular weight is 273 g/mol. The van der Waals surface area contributed by atoms with Crippen molar-refractivity contribution < 1.29 is 0 Å². The fourth-order valence-corrected chi connectivity index (χ4v) is 3.73. The van der Waals surface area contributed by atoms with E-state index in [1.165, 1.54) is 53.1 Å². The summed E-state index contributed by atoms with van der Waals surface area (Å²) >= 11 is 6.74. The molecule has 2 aromatic carbocycles. The average Bonchev–Trinajstić information content (AvgIpc) is 2.84. The number of benzene rings is 2. The summed E-state index contributed by atoms with van der Waals surface area (Å²) in [6, 6.07) is 11.3. The van der Waals surface area contributed by atoms with Gasteiger partial charge >= 0.3 is 0 Å². The van der Waals surface area contributed by atoms with Gasteiger partial charge in [-0.2, -0.15) is 0 Å². The van der Waals surface area contributed by atoms with E-state index in [1.807, 2.05) is 0 Å². The molecule has 0 radical (unpaired) electrons. The Balaban J connectivity index is 2.11. The lowest BCUT2D eigenvalue weighted by Crippen LogP contribution is -2.04. The van der Waals surface area contributed by atoms with Crippen molar-refractivity contribution in [1.82, 2.24) is 0 Å². The van der Waals surface area contributed by atoms with Gasteiger partial charge in [-0.15, -0.1) is 11.6 Å². The number of halogens is 1. The van der Waals surface area contributed by atoms with Crippen molar-refractivity contribution in [2.75, 3.05) is 0 Å². The van der Waals surface area contributed by atoms with Crippen molar-refractivity contribution in [3.63, 3.8) is 0 Å². The molecule has 0 saturated carbocycles. The number of rotatable bonds is 4. The highest BCUT2D eigenvalue weighted by molar-refractivity contribution is 6.22. The maximum absolute atomic E-state index is 6.74. The topological polar surface area (TPSA) is 0 Å². The molecule has 0 aromatic heterocycles. The highest BCUT2D eigenvalue weighted by Crippen LogP contribution is 2.40. The van der Waals surface area contributed by atoms with E-state index in [0.29, 0.717) is 5.92 Å². The zero-order chi connectivity index (χ0) is 13.4. The Hall–Kier alpha value is -1.01. The lowest BCUT2D eigenvalue weighted by atomic mass is 9.91. The number of alkyl halides is 1. The molecule has 19 heavy (non-hydrogen) atoms. The van der Waals surface area contributed by atoms with Gasteiger partial charge in [0.05, 0.1) is 5.38 Å². The first kappa shape index (κ1) is 13.0. The molecule has 0 spiro atoms. The Morgan fingerprint density at radius 3 is 2.58 bits per heavy atom. The Morgan fingerprint density at radius 2 is 1.84 bits per heavy atom. The van der Waals surface area contributed by atoms with Crippen molar-refractivity contribution in [2.24, 2.45) is 5.92 Å². The Morgan fingerprint density at radius 1 is 1.11 bits per heavy atom. The first-order chi connectivity index (χ1) is 9.22. The summed E-state index contributed by atoms with van der Waals surface area (Å²) in [6.07, 6.45) is 4.77. The lowest BCUT2D eigenvalue weighted by Gasteiger charge is -2.20. The first-order valence-corrected chi connectivity index (χ1v) is 7.83. The number of hydrogen-bond donors (Lipinski definition) is 0. The molecule has 0 heterocycles. The third-order valence-corrected chi connectivity index (χ3v) is 5.12. The molecule has 1 aliphatic rings. The summed E-state index contributed by atoms with van der Waals surface area (Å²) in [4.78, 5) is 0. The van der Waals surface area contributed by atoms with Gasteiger partial charge in [0, 0.05) is 0 Å². The molecule has 0 bridgehead atoms. The van der Waals surface area contributed by atoms with Gasteiger partial charge in [0.15, 0.2) is 0 Å². The third kappa shape index (κ3) is 2.17. The highest BCUT2D eigenvalue weighted by Gasteiger charge is 2.21. The van der Waals surface area contributed by atoms with Gasteiger partial charge in [-0.05, 0) is 52.6 Å². The molecule has 3 rings (SSSR count). The monoisotopic (exact) mass is 272 g/mol. The van der Waals surface area contributed by atoms with Crippen molar-refractivity contribution in [3.8, 4) is 0 Å². The third-order valence-electron chi connectivity index (χ3n) is 4.45. The van der Waals surface area contributed by atoms with Crippen LogP contribution in [0.4, 0.5) is 0 Å². The zero-order valence-corrected chi connectivity index (χ0v) is 12.5. The van der Waals surface area contributed by atoms with E-state index in [4.69, 9.17) is 11.6 Å². The molecule has 0 fully saturated rings. The van der Waals surface area contributed by atoms with Gasteiger partial charge in [0.2, 0.25) is 0 Å². The van der Waals surface area contributed by atoms with Gasteiger partial charge in [-0.25, -0.2) is 0 Å². The predicted octanol–water partition coefficient (Wildman–Crippen LogP) is 5.65. The predicted molar refractivity (Wildman–Crippen MR) is 84.0 cm³/mol. The van der Waals surface area contributed by atoms with Crippen LogP contribution in [0.2, 0.25) is 0 Å². The van der Waals surface area contributed by atoms with Gasteiger partial charge in [-0.1, -0.05) is 50.6 Å². The minimum atomic E-state index is 0.129. The Bertz CT molecular complexity index is 590. The first-order valence-electron chi connectivity index (χ1n) is 7.39. The minimum absolute atomic E-state index is 0.129. The van der Waals surface area contributed by atoms with Gasteiger partial charge in [-0.3, -0.25) is 0 Å². The second kappa shape index (κ2) is 5.17. The molecular weight excluding hydrogens is 252 g/mol. The Labute approximate surface area is 120 Å². The standard InChI is InChI=1S/C18H21Cl/c1-3-5-12(2)18(19)16-11-10-14-9-8-13-6-4-7-15(16)17(13)14/h4,6-7,10-12,18H,3,5,8-9H2,1-2H3. The molecule has 0 nitrogen and oxygen atoms in total. The number of hydrogen-bond acceptors (Lipinski definition) is 0.